The molecule has 0 heterocycles. The third-order valence-electron chi connectivity index (χ3n) is 2.72. The fraction of sp³-hybridized carbons (Fsp3) is 0.438. The molecule has 1 unspecified atom stereocenters. The maximum Gasteiger partial charge on any atom is 0.244 e. The highest BCUT2D eigenvalue weighted by Crippen LogP contribution is 2.28. The van der Waals surface area contributed by atoms with Crippen molar-refractivity contribution in [2.24, 2.45) is 0 Å². The number of rotatable bonds is 8. The third kappa shape index (κ3) is 5.87. The van der Waals surface area contributed by atoms with Crippen molar-refractivity contribution in [1.82, 2.24) is 5.32 Å². The number of methoxy groups -OCH3 is 2. The Labute approximate surface area is 125 Å². The smallest absolute Gasteiger partial charge is 0.244 e. The monoisotopic (exact) mass is 293 g/mol. The summed E-state index contributed by atoms with van der Waals surface area (Å²) < 4.78 is 15.7. The molecule has 0 saturated carbocycles. The van der Waals surface area contributed by atoms with E-state index in [2.05, 4.69) is 5.32 Å². The van der Waals surface area contributed by atoms with Crippen LogP contribution in [-0.4, -0.2) is 39.4 Å². The van der Waals surface area contributed by atoms with Crippen molar-refractivity contribution in [3.8, 4) is 11.5 Å². The van der Waals surface area contributed by atoms with Gasteiger partial charge >= 0.3 is 0 Å². The van der Waals surface area contributed by atoms with E-state index in [1.807, 2.05) is 32.0 Å². The number of hydrogen-bond donors (Lipinski definition) is 1. The van der Waals surface area contributed by atoms with Gasteiger partial charge in [0.2, 0.25) is 5.91 Å². The molecular weight excluding hydrogens is 270 g/mol. The van der Waals surface area contributed by atoms with Crippen LogP contribution in [-0.2, 0) is 9.53 Å². The molecule has 0 aromatic heterocycles. The topological polar surface area (TPSA) is 56.8 Å². The Morgan fingerprint density at radius 3 is 2.71 bits per heavy atom. The average molecular weight is 293 g/mol. The van der Waals surface area contributed by atoms with Crippen LogP contribution in [0.3, 0.4) is 0 Å². The molecule has 1 N–H and O–H groups in total. The first-order valence-electron chi connectivity index (χ1n) is 6.89. The highest BCUT2D eigenvalue weighted by molar-refractivity contribution is 5.92. The number of hydrogen-bond acceptors (Lipinski definition) is 4. The predicted octanol–water partition coefficient (Wildman–Crippen LogP) is 2.26. The van der Waals surface area contributed by atoms with Gasteiger partial charge < -0.3 is 19.5 Å². The minimum absolute atomic E-state index is 0.0259. The van der Waals surface area contributed by atoms with E-state index in [1.165, 1.54) is 6.08 Å². The summed E-state index contributed by atoms with van der Waals surface area (Å²) in [7, 11) is 3.19. The van der Waals surface area contributed by atoms with E-state index in [4.69, 9.17) is 14.2 Å². The van der Waals surface area contributed by atoms with E-state index in [1.54, 1.807) is 20.3 Å². The molecular formula is C16H23NO4. The number of ether oxygens (including phenoxy) is 3. The first kappa shape index (κ1) is 17.0. The van der Waals surface area contributed by atoms with Gasteiger partial charge in [-0.25, -0.2) is 0 Å². The Bertz CT molecular complexity index is 485. The maximum atomic E-state index is 11.7. The molecule has 0 aliphatic rings. The molecule has 0 aliphatic heterocycles. The molecule has 0 saturated heterocycles. The van der Waals surface area contributed by atoms with Crippen LogP contribution in [0.5, 0.6) is 11.5 Å². The lowest BCUT2D eigenvalue weighted by Crippen LogP contribution is -2.34. The summed E-state index contributed by atoms with van der Waals surface area (Å²) in [5.74, 6) is 1.18. The lowest BCUT2D eigenvalue weighted by atomic mass is 10.2. The summed E-state index contributed by atoms with van der Waals surface area (Å²) >= 11 is 0. The third-order valence-corrected chi connectivity index (χ3v) is 2.72. The van der Waals surface area contributed by atoms with E-state index >= 15 is 0 Å². The first-order chi connectivity index (χ1) is 10.1. The summed E-state index contributed by atoms with van der Waals surface area (Å²) in [6.45, 7) is 4.86. The highest BCUT2D eigenvalue weighted by atomic mass is 16.5. The van der Waals surface area contributed by atoms with Gasteiger partial charge in [0.25, 0.3) is 0 Å². The van der Waals surface area contributed by atoms with Gasteiger partial charge in [0.1, 0.15) is 0 Å². The molecule has 1 aromatic rings. The first-order valence-corrected chi connectivity index (χ1v) is 6.89. The Balaban J connectivity index is 2.69. The summed E-state index contributed by atoms with van der Waals surface area (Å²) in [4.78, 5) is 11.7. The van der Waals surface area contributed by atoms with Crippen molar-refractivity contribution in [3.05, 3.63) is 29.8 Å². The minimum Gasteiger partial charge on any atom is -0.493 e. The Morgan fingerprint density at radius 1 is 1.33 bits per heavy atom. The van der Waals surface area contributed by atoms with Gasteiger partial charge in [-0.15, -0.1) is 0 Å². The molecule has 1 aromatic carbocycles. The number of amides is 1. The van der Waals surface area contributed by atoms with Crippen LogP contribution in [0.15, 0.2) is 24.3 Å². The van der Waals surface area contributed by atoms with Gasteiger partial charge in [0.05, 0.1) is 20.3 Å². The van der Waals surface area contributed by atoms with Gasteiger partial charge in [-0.3, -0.25) is 4.79 Å². The summed E-state index contributed by atoms with van der Waals surface area (Å²) in [6.07, 6.45) is 3.22. The second-order valence-electron chi connectivity index (χ2n) is 4.54. The second kappa shape index (κ2) is 9.02. The van der Waals surface area contributed by atoms with Crippen LogP contribution in [0, 0.1) is 0 Å². The SMILES string of the molecule is CCOc1ccc(/C=C/C(=O)NC(C)COC)cc1OC. The average Bonchev–Trinajstić information content (AvgIpc) is 2.46. The molecule has 1 amide bonds. The Hall–Kier alpha value is -2.01. The lowest BCUT2D eigenvalue weighted by molar-refractivity contribution is -0.117. The van der Waals surface area contributed by atoms with E-state index < -0.39 is 0 Å². The van der Waals surface area contributed by atoms with E-state index in [0.717, 1.165) is 5.56 Å². The van der Waals surface area contributed by atoms with Crippen LogP contribution >= 0.6 is 0 Å². The lowest BCUT2D eigenvalue weighted by Gasteiger charge is -2.11. The van der Waals surface area contributed by atoms with Crippen LogP contribution < -0.4 is 14.8 Å². The largest absolute Gasteiger partial charge is 0.493 e. The Kier molecular flexibility index (Phi) is 7.32. The fourth-order valence-electron chi connectivity index (χ4n) is 1.82. The van der Waals surface area contributed by atoms with Crippen LogP contribution in [0.4, 0.5) is 0 Å². The van der Waals surface area contributed by atoms with E-state index in [-0.39, 0.29) is 11.9 Å². The molecule has 0 aliphatic carbocycles. The molecule has 116 valence electrons. The molecule has 5 nitrogen and oxygen atoms in total. The number of benzene rings is 1. The molecule has 0 radical (unpaired) electrons. The van der Waals surface area contributed by atoms with Gasteiger partial charge in [-0.05, 0) is 37.6 Å². The van der Waals surface area contributed by atoms with Crippen LogP contribution in [0.2, 0.25) is 0 Å². The van der Waals surface area contributed by atoms with Crippen molar-refractivity contribution in [1.29, 1.82) is 0 Å². The molecule has 21 heavy (non-hydrogen) atoms. The van der Waals surface area contributed by atoms with Crippen LogP contribution in [0.1, 0.15) is 19.4 Å². The fourth-order valence-corrected chi connectivity index (χ4v) is 1.82. The molecule has 1 rings (SSSR count). The summed E-state index contributed by atoms with van der Waals surface area (Å²) in [5, 5.41) is 2.80. The number of nitrogens with one attached hydrogen (secondary N) is 1. The summed E-state index contributed by atoms with van der Waals surface area (Å²) in [5.41, 5.74) is 0.866. The van der Waals surface area contributed by atoms with Crippen molar-refractivity contribution in [2.75, 3.05) is 27.4 Å². The van der Waals surface area contributed by atoms with Gasteiger partial charge in [-0.1, -0.05) is 6.07 Å². The zero-order chi connectivity index (χ0) is 15.7. The van der Waals surface area contributed by atoms with Crippen molar-refractivity contribution in [2.45, 2.75) is 19.9 Å². The van der Waals surface area contributed by atoms with Gasteiger partial charge in [-0.2, -0.15) is 0 Å². The molecule has 1 atom stereocenters. The number of carbonyl (C=O) groups excluding carboxylic acids is 1. The minimum atomic E-state index is -0.160. The highest BCUT2D eigenvalue weighted by Gasteiger charge is 2.05. The van der Waals surface area contributed by atoms with Crippen molar-refractivity contribution in [3.63, 3.8) is 0 Å². The van der Waals surface area contributed by atoms with E-state index in [0.29, 0.717) is 24.7 Å². The van der Waals surface area contributed by atoms with Crippen LogP contribution in [0.25, 0.3) is 6.08 Å². The van der Waals surface area contributed by atoms with E-state index in [9.17, 15) is 4.79 Å². The quantitative estimate of drug-likeness (QED) is 0.747. The normalized spacial score (nSPS) is 12.2. The maximum absolute atomic E-state index is 11.7. The summed E-state index contributed by atoms with van der Waals surface area (Å²) in [6, 6.07) is 5.50. The van der Waals surface area contributed by atoms with Crippen molar-refractivity contribution < 1.29 is 19.0 Å². The van der Waals surface area contributed by atoms with Gasteiger partial charge in [0.15, 0.2) is 11.5 Å². The molecule has 5 heteroatoms. The number of carbonyl (C=O) groups is 1. The second-order valence-corrected chi connectivity index (χ2v) is 4.54. The Morgan fingerprint density at radius 2 is 2.10 bits per heavy atom. The molecule has 0 spiro atoms. The molecule has 0 fully saturated rings. The molecule has 0 bridgehead atoms. The predicted molar refractivity (Wildman–Crippen MR) is 82.7 cm³/mol. The zero-order valence-corrected chi connectivity index (χ0v) is 13.0. The zero-order valence-electron chi connectivity index (χ0n) is 13.0. The standard InChI is InChI=1S/C16H23NO4/c1-5-21-14-8-6-13(10-15(14)20-4)7-9-16(18)17-12(2)11-19-3/h6-10,12H,5,11H2,1-4H3,(H,17,18)/b9-7+. The van der Waals surface area contributed by atoms with Crippen molar-refractivity contribution >= 4 is 12.0 Å². The van der Waals surface area contributed by atoms with Gasteiger partial charge in [0, 0.05) is 19.2 Å².